The van der Waals surface area contributed by atoms with Gasteiger partial charge in [0.15, 0.2) is 0 Å². The molecule has 1 aromatic rings. The molecule has 0 unspecified atom stereocenters. The van der Waals surface area contributed by atoms with Gasteiger partial charge in [0.05, 0.1) is 13.2 Å². The Morgan fingerprint density at radius 3 is 2.53 bits per heavy atom. The summed E-state index contributed by atoms with van der Waals surface area (Å²) in [5.74, 6) is 0.0279. The van der Waals surface area contributed by atoms with E-state index in [4.69, 9.17) is 9.84 Å². The minimum absolute atomic E-state index is 0.0279. The van der Waals surface area contributed by atoms with Crippen molar-refractivity contribution in [2.45, 2.75) is 19.6 Å². The van der Waals surface area contributed by atoms with Crippen LogP contribution in [-0.2, 0) is 22.7 Å². The molecule has 3 N–H and O–H groups in total. The third kappa shape index (κ3) is 6.91. The molecule has 0 heterocycles. The summed E-state index contributed by atoms with van der Waals surface area (Å²) in [5.41, 5.74) is 2.04. The second-order valence-corrected chi connectivity index (χ2v) is 4.24. The molecule has 0 saturated heterocycles. The van der Waals surface area contributed by atoms with E-state index in [1.807, 2.05) is 24.3 Å². The largest absolute Gasteiger partial charge is 0.392 e. The van der Waals surface area contributed by atoms with Gasteiger partial charge in [-0.1, -0.05) is 24.3 Å². The van der Waals surface area contributed by atoms with Crippen molar-refractivity contribution in [3.63, 3.8) is 0 Å². The van der Waals surface area contributed by atoms with E-state index in [-0.39, 0.29) is 12.5 Å². The molecule has 5 heteroatoms. The van der Waals surface area contributed by atoms with Gasteiger partial charge in [0.25, 0.3) is 0 Å². The van der Waals surface area contributed by atoms with E-state index >= 15 is 0 Å². The average molecular weight is 266 g/mol. The smallest absolute Gasteiger partial charge is 0.221 e. The lowest BCUT2D eigenvalue weighted by atomic mass is 10.1. The van der Waals surface area contributed by atoms with E-state index in [0.717, 1.165) is 17.7 Å². The second kappa shape index (κ2) is 9.49. The molecule has 0 radical (unpaired) electrons. The van der Waals surface area contributed by atoms with Gasteiger partial charge in [-0.05, 0) is 11.1 Å². The van der Waals surface area contributed by atoms with Gasteiger partial charge in [-0.25, -0.2) is 0 Å². The lowest BCUT2D eigenvalue weighted by Gasteiger charge is -2.06. The van der Waals surface area contributed by atoms with E-state index in [9.17, 15) is 4.79 Å². The van der Waals surface area contributed by atoms with Gasteiger partial charge in [-0.15, -0.1) is 0 Å². The van der Waals surface area contributed by atoms with Crippen LogP contribution in [0.25, 0.3) is 0 Å². The molecular weight excluding hydrogens is 244 g/mol. The standard InChI is InChI=1S/C14H22N2O3/c1-19-9-8-16-14(18)6-7-15-10-12-2-4-13(11-17)5-3-12/h2-5,15,17H,6-11H2,1H3,(H,16,18). The van der Waals surface area contributed by atoms with Crippen LogP contribution < -0.4 is 10.6 Å². The van der Waals surface area contributed by atoms with Crippen molar-refractivity contribution < 1.29 is 14.6 Å². The quantitative estimate of drug-likeness (QED) is 0.567. The van der Waals surface area contributed by atoms with Gasteiger partial charge in [0.2, 0.25) is 5.91 Å². The van der Waals surface area contributed by atoms with Crippen molar-refractivity contribution in [3.05, 3.63) is 35.4 Å². The summed E-state index contributed by atoms with van der Waals surface area (Å²) < 4.78 is 4.85. The summed E-state index contributed by atoms with van der Waals surface area (Å²) in [6.07, 6.45) is 0.457. The van der Waals surface area contributed by atoms with Gasteiger partial charge in [-0.3, -0.25) is 4.79 Å². The zero-order valence-corrected chi connectivity index (χ0v) is 11.3. The fraction of sp³-hybridized carbons (Fsp3) is 0.500. The average Bonchev–Trinajstić information content (AvgIpc) is 2.44. The number of hydrogen-bond acceptors (Lipinski definition) is 4. The number of carbonyl (C=O) groups excluding carboxylic acids is 1. The fourth-order valence-electron chi connectivity index (χ4n) is 1.58. The summed E-state index contributed by atoms with van der Waals surface area (Å²) in [4.78, 5) is 11.4. The first-order valence-electron chi connectivity index (χ1n) is 6.41. The Morgan fingerprint density at radius 1 is 1.21 bits per heavy atom. The molecule has 19 heavy (non-hydrogen) atoms. The molecule has 106 valence electrons. The summed E-state index contributed by atoms with van der Waals surface area (Å²) >= 11 is 0. The molecule has 0 spiro atoms. The molecule has 1 aromatic carbocycles. The third-order valence-corrected chi connectivity index (χ3v) is 2.69. The molecule has 0 saturated carbocycles. The van der Waals surface area contributed by atoms with Crippen LogP contribution in [0.5, 0.6) is 0 Å². The number of rotatable bonds is 9. The van der Waals surface area contributed by atoms with Crippen LogP contribution in [0.2, 0.25) is 0 Å². The lowest BCUT2D eigenvalue weighted by molar-refractivity contribution is -0.121. The zero-order chi connectivity index (χ0) is 13.9. The van der Waals surface area contributed by atoms with Crippen molar-refractivity contribution >= 4 is 5.91 Å². The Balaban J connectivity index is 2.11. The van der Waals surface area contributed by atoms with Gasteiger partial charge >= 0.3 is 0 Å². The molecular formula is C14H22N2O3. The Labute approximate surface area is 114 Å². The van der Waals surface area contributed by atoms with Gasteiger partial charge in [-0.2, -0.15) is 0 Å². The molecule has 0 aliphatic heterocycles. The summed E-state index contributed by atoms with van der Waals surface area (Å²) in [6, 6.07) is 7.73. The van der Waals surface area contributed by atoms with Crippen molar-refractivity contribution in [2.24, 2.45) is 0 Å². The molecule has 1 rings (SSSR count). The van der Waals surface area contributed by atoms with Crippen LogP contribution in [0, 0.1) is 0 Å². The molecule has 0 bridgehead atoms. The maximum Gasteiger partial charge on any atom is 0.221 e. The Bertz CT molecular complexity index is 365. The van der Waals surface area contributed by atoms with Crippen LogP contribution in [0.1, 0.15) is 17.5 Å². The van der Waals surface area contributed by atoms with Gasteiger partial charge < -0.3 is 20.5 Å². The van der Waals surface area contributed by atoms with Gasteiger partial charge in [0.1, 0.15) is 0 Å². The zero-order valence-electron chi connectivity index (χ0n) is 11.3. The molecule has 0 aliphatic carbocycles. The topological polar surface area (TPSA) is 70.6 Å². The lowest BCUT2D eigenvalue weighted by Crippen LogP contribution is -2.29. The number of nitrogens with one attached hydrogen (secondary N) is 2. The Morgan fingerprint density at radius 2 is 1.89 bits per heavy atom. The summed E-state index contributed by atoms with van der Waals surface area (Å²) in [6.45, 7) is 2.52. The van der Waals surface area contributed by atoms with Crippen molar-refractivity contribution in [1.82, 2.24) is 10.6 Å². The molecule has 0 fully saturated rings. The highest BCUT2D eigenvalue weighted by Gasteiger charge is 2.00. The van der Waals surface area contributed by atoms with Crippen molar-refractivity contribution in [3.8, 4) is 0 Å². The van der Waals surface area contributed by atoms with E-state index in [1.54, 1.807) is 7.11 Å². The first kappa shape index (κ1) is 15.6. The number of hydrogen-bond donors (Lipinski definition) is 3. The summed E-state index contributed by atoms with van der Waals surface area (Å²) in [7, 11) is 1.61. The fourth-order valence-corrected chi connectivity index (χ4v) is 1.58. The maximum absolute atomic E-state index is 11.4. The second-order valence-electron chi connectivity index (χ2n) is 4.24. The van der Waals surface area contributed by atoms with Crippen LogP contribution in [0.15, 0.2) is 24.3 Å². The predicted octanol–water partition coefficient (Wildman–Crippen LogP) is 0.421. The Kier molecular flexibility index (Phi) is 7.81. The van der Waals surface area contributed by atoms with Crippen molar-refractivity contribution in [1.29, 1.82) is 0 Å². The molecule has 5 nitrogen and oxygen atoms in total. The number of amides is 1. The van der Waals surface area contributed by atoms with Crippen LogP contribution in [0.3, 0.4) is 0 Å². The number of methoxy groups -OCH3 is 1. The minimum Gasteiger partial charge on any atom is -0.392 e. The maximum atomic E-state index is 11.4. The summed E-state index contributed by atoms with van der Waals surface area (Å²) in [5, 5.41) is 14.9. The van der Waals surface area contributed by atoms with Crippen molar-refractivity contribution in [2.75, 3.05) is 26.8 Å². The van der Waals surface area contributed by atoms with Gasteiger partial charge in [0, 0.05) is 33.2 Å². The molecule has 1 amide bonds. The van der Waals surface area contributed by atoms with Crippen LogP contribution in [0.4, 0.5) is 0 Å². The monoisotopic (exact) mass is 266 g/mol. The predicted molar refractivity (Wildman–Crippen MR) is 73.6 cm³/mol. The number of carbonyl (C=O) groups is 1. The number of benzene rings is 1. The highest BCUT2D eigenvalue weighted by Crippen LogP contribution is 2.03. The van der Waals surface area contributed by atoms with E-state index < -0.39 is 0 Å². The minimum atomic E-state index is 0.0279. The molecule has 0 atom stereocenters. The first-order chi connectivity index (χ1) is 9.26. The van der Waals surface area contributed by atoms with E-state index in [0.29, 0.717) is 26.1 Å². The Hall–Kier alpha value is -1.43. The SMILES string of the molecule is COCCNC(=O)CCNCc1ccc(CO)cc1. The molecule has 0 aromatic heterocycles. The van der Waals surface area contributed by atoms with Crippen LogP contribution in [-0.4, -0.2) is 37.8 Å². The number of aliphatic hydroxyl groups excluding tert-OH is 1. The molecule has 0 aliphatic rings. The first-order valence-corrected chi connectivity index (χ1v) is 6.41. The van der Waals surface area contributed by atoms with E-state index in [1.165, 1.54) is 0 Å². The number of aliphatic hydroxyl groups is 1. The highest BCUT2D eigenvalue weighted by atomic mass is 16.5. The number of ether oxygens (including phenoxy) is 1. The van der Waals surface area contributed by atoms with Crippen LogP contribution >= 0.6 is 0 Å². The highest BCUT2D eigenvalue weighted by molar-refractivity contribution is 5.75. The van der Waals surface area contributed by atoms with E-state index in [2.05, 4.69) is 10.6 Å². The normalized spacial score (nSPS) is 10.4. The third-order valence-electron chi connectivity index (χ3n) is 2.69.